The van der Waals surface area contributed by atoms with Crippen LogP contribution in [0.1, 0.15) is 0 Å². The molecule has 0 aliphatic carbocycles. The molecule has 2 aromatic rings. The number of nitrogens with zero attached hydrogens (tertiary/aromatic N) is 2. The van der Waals surface area contributed by atoms with E-state index in [1.807, 2.05) is 6.07 Å². The van der Waals surface area contributed by atoms with Crippen LogP contribution in [0.2, 0.25) is 0 Å². The topological polar surface area (TPSA) is 64.0 Å². The quantitative estimate of drug-likeness (QED) is 0.873. The molecule has 84 valence electrons. The Hall–Kier alpha value is -1.82. The van der Waals surface area contributed by atoms with Gasteiger partial charge >= 0.3 is 0 Å². The smallest absolute Gasteiger partial charge is 0.229 e. The fourth-order valence-electron chi connectivity index (χ4n) is 1.37. The van der Waals surface area contributed by atoms with Gasteiger partial charge in [0.1, 0.15) is 0 Å². The van der Waals surface area contributed by atoms with Crippen LogP contribution in [0.5, 0.6) is 0 Å². The first-order valence-electron chi connectivity index (χ1n) is 4.63. The molecular formula is C10H11N3O2S. The van der Waals surface area contributed by atoms with Crippen molar-refractivity contribution in [2.24, 2.45) is 0 Å². The summed E-state index contributed by atoms with van der Waals surface area (Å²) in [5.74, 6) is 0. The van der Waals surface area contributed by atoms with Crippen LogP contribution in [0.4, 0.5) is 5.69 Å². The Morgan fingerprint density at radius 1 is 1.25 bits per heavy atom. The molecule has 0 spiro atoms. The van der Waals surface area contributed by atoms with Crippen LogP contribution >= 0.6 is 0 Å². The van der Waals surface area contributed by atoms with Gasteiger partial charge < -0.3 is 0 Å². The predicted molar refractivity (Wildman–Crippen MR) is 62.0 cm³/mol. The van der Waals surface area contributed by atoms with E-state index in [-0.39, 0.29) is 0 Å². The van der Waals surface area contributed by atoms with Gasteiger partial charge in [-0.15, -0.1) is 0 Å². The highest BCUT2D eigenvalue weighted by atomic mass is 32.2. The largest absolute Gasteiger partial charge is 0.282 e. The fraction of sp³-hybridized carbons (Fsp3) is 0.100. The number of aromatic nitrogens is 2. The van der Waals surface area contributed by atoms with Gasteiger partial charge in [0.25, 0.3) is 0 Å². The highest BCUT2D eigenvalue weighted by Crippen LogP contribution is 2.19. The van der Waals surface area contributed by atoms with Crippen molar-refractivity contribution in [3.05, 3.63) is 42.7 Å². The summed E-state index contributed by atoms with van der Waals surface area (Å²) in [6.07, 6.45) is 4.51. The highest BCUT2D eigenvalue weighted by Gasteiger charge is 2.07. The third-order valence-corrected chi connectivity index (χ3v) is 2.54. The van der Waals surface area contributed by atoms with Crippen molar-refractivity contribution in [3.63, 3.8) is 0 Å². The zero-order chi connectivity index (χ0) is 11.6. The molecule has 0 amide bonds. The van der Waals surface area contributed by atoms with Crippen molar-refractivity contribution < 1.29 is 8.42 Å². The molecule has 2 rings (SSSR count). The molecule has 1 aromatic heterocycles. The van der Waals surface area contributed by atoms with Crippen LogP contribution in [0.3, 0.4) is 0 Å². The van der Waals surface area contributed by atoms with Gasteiger partial charge in [0.2, 0.25) is 10.0 Å². The van der Waals surface area contributed by atoms with Gasteiger partial charge in [0.05, 0.1) is 17.6 Å². The summed E-state index contributed by atoms with van der Waals surface area (Å²) in [6.45, 7) is 0. The first-order chi connectivity index (χ1) is 7.56. The minimum absolute atomic E-state index is 0.508. The molecular weight excluding hydrogens is 226 g/mol. The Morgan fingerprint density at radius 2 is 2.00 bits per heavy atom. The standard InChI is InChI=1S/C10H11N3O2S/c1-16(14,15)12-9-5-2-3-6-10(9)13-8-4-7-11-13/h2-8,12H,1H3. The minimum Gasteiger partial charge on any atom is -0.282 e. The van der Waals surface area contributed by atoms with E-state index in [4.69, 9.17) is 0 Å². The molecule has 0 saturated heterocycles. The van der Waals surface area contributed by atoms with E-state index in [1.54, 1.807) is 41.3 Å². The molecule has 0 saturated carbocycles. The summed E-state index contributed by atoms with van der Waals surface area (Å²) in [5, 5.41) is 4.06. The van der Waals surface area contributed by atoms with Crippen LogP contribution in [0.15, 0.2) is 42.7 Å². The van der Waals surface area contributed by atoms with E-state index in [1.165, 1.54) is 0 Å². The Bertz CT molecular complexity index is 576. The molecule has 0 bridgehead atoms. The molecule has 5 nitrogen and oxygen atoms in total. The Balaban J connectivity index is 2.47. The average molecular weight is 237 g/mol. The second-order valence-electron chi connectivity index (χ2n) is 3.34. The molecule has 0 aliphatic heterocycles. The van der Waals surface area contributed by atoms with Crippen molar-refractivity contribution in [1.82, 2.24) is 9.78 Å². The molecule has 0 aliphatic rings. The van der Waals surface area contributed by atoms with Crippen molar-refractivity contribution in [2.45, 2.75) is 0 Å². The van der Waals surface area contributed by atoms with E-state index in [9.17, 15) is 8.42 Å². The van der Waals surface area contributed by atoms with Crippen molar-refractivity contribution in [1.29, 1.82) is 0 Å². The molecule has 6 heteroatoms. The maximum atomic E-state index is 11.2. The third-order valence-electron chi connectivity index (χ3n) is 1.95. The number of anilines is 1. The number of rotatable bonds is 3. The molecule has 0 radical (unpaired) electrons. The second-order valence-corrected chi connectivity index (χ2v) is 5.09. The molecule has 0 unspecified atom stereocenters. The van der Waals surface area contributed by atoms with Crippen LogP contribution < -0.4 is 4.72 Å². The minimum atomic E-state index is -3.28. The highest BCUT2D eigenvalue weighted by molar-refractivity contribution is 7.92. The van der Waals surface area contributed by atoms with E-state index in [0.717, 1.165) is 6.26 Å². The zero-order valence-corrected chi connectivity index (χ0v) is 9.48. The van der Waals surface area contributed by atoms with E-state index >= 15 is 0 Å². The van der Waals surface area contributed by atoms with Crippen LogP contribution in [0, 0.1) is 0 Å². The number of benzene rings is 1. The number of sulfonamides is 1. The summed E-state index contributed by atoms with van der Waals surface area (Å²) < 4.78 is 26.4. The summed E-state index contributed by atoms with van der Waals surface area (Å²) in [7, 11) is -3.28. The summed E-state index contributed by atoms with van der Waals surface area (Å²) in [5.41, 5.74) is 1.20. The Morgan fingerprint density at radius 3 is 2.62 bits per heavy atom. The van der Waals surface area contributed by atoms with Crippen LogP contribution in [-0.4, -0.2) is 24.5 Å². The summed E-state index contributed by atoms with van der Waals surface area (Å²) in [4.78, 5) is 0. The molecule has 0 fully saturated rings. The van der Waals surface area contributed by atoms with Crippen molar-refractivity contribution in [2.75, 3.05) is 11.0 Å². The van der Waals surface area contributed by atoms with Crippen molar-refractivity contribution in [3.8, 4) is 5.69 Å². The SMILES string of the molecule is CS(=O)(=O)Nc1ccccc1-n1cccn1. The number of para-hydroxylation sites is 2. The van der Waals surface area contributed by atoms with Crippen LogP contribution in [0.25, 0.3) is 5.69 Å². The maximum absolute atomic E-state index is 11.2. The first kappa shape index (κ1) is 10.7. The Labute approximate surface area is 93.8 Å². The molecule has 1 aromatic carbocycles. The number of hydrogen-bond donors (Lipinski definition) is 1. The van der Waals surface area contributed by atoms with E-state index in [2.05, 4.69) is 9.82 Å². The van der Waals surface area contributed by atoms with Gasteiger partial charge in [-0.05, 0) is 18.2 Å². The second kappa shape index (κ2) is 3.97. The molecule has 1 N–H and O–H groups in total. The number of nitrogens with one attached hydrogen (secondary N) is 1. The number of hydrogen-bond acceptors (Lipinski definition) is 3. The lowest BCUT2D eigenvalue weighted by atomic mass is 10.3. The van der Waals surface area contributed by atoms with E-state index in [0.29, 0.717) is 11.4 Å². The van der Waals surface area contributed by atoms with Gasteiger partial charge in [0, 0.05) is 12.4 Å². The predicted octanol–water partition coefficient (Wildman–Crippen LogP) is 1.24. The van der Waals surface area contributed by atoms with E-state index < -0.39 is 10.0 Å². The molecule has 1 heterocycles. The summed E-state index contributed by atoms with van der Waals surface area (Å²) >= 11 is 0. The van der Waals surface area contributed by atoms with Crippen molar-refractivity contribution >= 4 is 15.7 Å². The zero-order valence-electron chi connectivity index (χ0n) is 8.66. The summed E-state index contributed by atoms with van der Waals surface area (Å²) in [6, 6.07) is 8.85. The van der Waals surface area contributed by atoms with Gasteiger partial charge in [-0.2, -0.15) is 5.10 Å². The molecule has 0 atom stereocenters. The van der Waals surface area contributed by atoms with Gasteiger partial charge in [0.15, 0.2) is 0 Å². The van der Waals surface area contributed by atoms with Crippen LogP contribution in [-0.2, 0) is 10.0 Å². The molecule has 16 heavy (non-hydrogen) atoms. The first-order valence-corrected chi connectivity index (χ1v) is 6.52. The lowest BCUT2D eigenvalue weighted by molar-refractivity contribution is 0.606. The van der Waals surface area contributed by atoms with Gasteiger partial charge in [-0.3, -0.25) is 4.72 Å². The monoisotopic (exact) mass is 237 g/mol. The maximum Gasteiger partial charge on any atom is 0.229 e. The fourth-order valence-corrected chi connectivity index (χ4v) is 1.94. The average Bonchev–Trinajstić information content (AvgIpc) is 2.69. The lowest BCUT2D eigenvalue weighted by Gasteiger charge is -2.09. The van der Waals surface area contributed by atoms with Gasteiger partial charge in [-0.1, -0.05) is 12.1 Å². The Kier molecular flexibility index (Phi) is 2.66. The lowest BCUT2D eigenvalue weighted by Crippen LogP contribution is -2.12. The third kappa shape index (κ3) is 2.40. The van der Waals surface area contributed by atoms with Gasteiger partial charge in [-0.25, -0.2) is 13.1 Å². The normalized spacial score (nSPS) is 11.3.